The highest BCUT2D eigenvalue weighted by molar-refractivity contribution is 5.85. The van der Waals surface area contributed by atoms with Crippen LogP contribution in [0.25, 0.3) is 0 Å². The quantitative estimate of drug-likeness (QED) is 0.917. The number of halogens is 1. The summed E-state index contributed by atoms with van der Waals surface area (Å²) in [5.74, 6) is 0.608. The van der Waals surface area contributed by atoms with Crippen molar-refractivity contribution in [3.8, 4) is 0 Å². The van der Waals surface area contributed by atoms with Crippen LogP contribution in [0.1, 0.15) is 37.7 Å². The van der Waals surface area contributed by atoms with Gasteiger partial charge in [0.25, 0.3) is 0 Å². The van der Waals surface area contributed by atoms with Crippen molar-refractivity contribution in [2.24, 2.45) is 18.7 Å². The molecule has 2 heterocycles. The maximum absolute atomic E-state index is 6.11. The largest absolute Gasteiger partial charge is 0.326 e. The fourth-order valence-electron chi connectivity index (χ4n) is 3.02. The van der Waals surface area contributed by atoms with Gasteiger partial charge in [0.2, 0.25) is 0 Å². The highest BCUT2D eigenvalue weighted by Crippen LogP contribution is 2.22. The normalized spacial score (nSPS) is 23.6. The van der Waals surface area contributed by atoms with E-state index in [0.29, 0.717) is 12.0 Å². The average molecular weight is 287 g/mol. The molecule has 0 bridgehead atoms. The van der Waals surface area contributed by atoms with Gasteiger partial charge >= 0.3 is 0 Å². The van der Waals surface area contributed by atoms with Gasteiger partial charge in [0.05, 0.1) is 5.69 Å². The molecule has 5 heteroatoms. The Kier molecular flexibility index (Phi) is 5.83. The van der Waals surface area contributed by atoms with E-state index in [1.165, 1.54) is 17.0 Å². The Morgan fingerprint density at radius 2 is 1.95 bits per heavy atom. The summed E-state index contributed by atoms with van der Waals surface area (Å²) in [5, 5.41) is 4.64. The minimum absolute atomic E-state index is 0. The van der Waals surface area contributed by atoms with Crippen LogP contribution in [0, 0.1) is 5.92 Å². The Balaban J connectivity index is 0.00000180. The molecule has 2 rings (SSSR count). The van der Waals surface area contributed by atoms with Crippen molar-refractivity contribution >= 4 is 12.4 Å². The van der Waals surface area contributed by atoms with Crippen LogP contribution >= 0.6 is 12.4 Å². The molecular formula is C14H27ClN4. The van der Waals surface area contributed by atoms with Crippen LogP contribution in [-0.4, -0.2) is 33.8 Å². The molecule has 110 valence electrons. The SMILES string of the molecule is CCc1nn(C)c(CC)c1CN1CC(C)C(N)C1.Cl. The molecule has 0 aromatic carbocycles. The minimum Gasteiger partial charge on any atom is -0.326 e. The second kappa shape index (κ2) is 6.73. The summed E-state index contributed by atoms with van der Waals surface area (Å²) in [7, 11) is 2.06. The van der Waals surface area contributed by atoms with Crippen molar-refractivity contribution in [1.82, 2.24) is 14.7 Å². The molecule has 1 aromatic heterocycles. The first-order valence-corrected chi connectivity index (χ1v) is 7.08. The van der Waals surface area contributed by atoms with E-state index in [4.69, 9.17) is 5.73 Å². The van der Waals surface area contributed by atoms with Gasteiger partial charge in [-0.05, 0) is 18.8 Å². The Morgan fingerprint density at radius 1 is 1.26 bits per heavy atom. The van der Waals surface area contributed by atoms with Crippen molar-refractivity contribution in [3.63, 3.8) is 0 Å². The van der Waals surface area contributed by atoms with E-state index >= 15 is 0 Å². The lowest BCUT2D eigenvalue weighted by molar-refractivity contribution is 0.317. The highest BCUT2D eigenvalue weighted by atomic mass is 35.5. The van der Waals surface area contributed by atoms with Gasteiger partial charge in [-0.1, -0.05) is 20.8 Å². The van der Waals surface area contributed by atoms with E-state index in [-0.39, 0.29) is 12.4 Å². The molecule has 0 spiro atoms. The molecule has 0 amide bonds. The maximum atomic E-state index is 6.11. The van der Waals surface area contributed by atoms with Gasteiger partial charge in [-0.3, -0.25) is 9.58 Å². The second-order valence-electron chi connectivity index (χ2n) is 5.54. The molecule has 0 saturated carbocycles. The van der Waals surface area contributed by atoms with Crippen molar-refractivity contribution in [2.75, 3.05) is 13.1 Å². The minimum atomic E-state index is 0. The average Bonchev–Trinajstić information content (AvgIpc) is 2.80. The standard InChI is InChI=1S/C14H26N4.ClH/c1-5-13-11(14(6-2)17(4)16-13)8-18-7-10(3)12(15)9-18;/h10,12H,5-9,15H2,1-4H3;1H. The number of likely N-dealkylation sites (tertiary alicyclic amines) is 1. The predicted octanol–water partition coefficient (Wildman–Crippen LogP) is 1.75. The fraction of sp³-hybridized carbons (Fsp3) is 0.786. The molecule has 0 aliphatic carbocycles. The summed E-state index contributed by atoms with van der Waals surface area (Å²) in [4.78, 5) is 2.48. The first kappa shape index (κ1) is 16.5. The van der Waals surface area contributed by atoms with Crippen LogP contribution in [0.5, 0.6) is 0 Å². The van der Waals surface area contributed by atoms with Crippen LogP contribution in [0.2, 0.25) is 0 Å². The molecule has 2 N–H and O–H groups in total. The molecule has 1 saturated heterocycles. The first-order chi connectivity index (χ1) is 8.56. The van der Waals surface area contributed by atoms with Crippen molar-refractivity contribution in [2.45, 2.75) is 46.2 Å². The molecule has 1 aliphatic rings. The van der Waals surface area contributed by atoms with Gasteiger partial charge in [-0.15, -0.1) is 12.4 Å². The van der Waals surface area contributed by atoms with Crippen molar-refractivity contribution in [3.05, 3.63) is 17.0 Å². The molecular weight excluding hydrogens is 260 g/mol. The molecule has 19 heavy (non-hydrogen) atoms. The molecule has 2 atom stereocenters. The number of hydrogen-bond donors (Lipinski definition) is 1. The van der Waals surface area contributed by atoms with Crippen LogP contribution in [0.3, 0.4) is 0 Å². The van der Waals surface area contributed by atoms with Crippen molar-refractivity contribution in [1.29, 1.82) is 0 Å². The lowest BCUT2D eigenvalue weighted by Gasteiger charge is -2.16. The third-order valence-electron chi connectivity index (χ3n) is 4.16. The lowest BCUT2D eigenvalue weighted by Crippen LogP contribution is -2.28. The number of aromatic nitrogens is 2. The number of hydrogen-bond acceptors (Lipinski definition) is 3. The summed E-state index contributed by atoms with van der Waals surface area (Å²) >= 11 is 0. The van der Waals surface area contributed by atoms with Gasteiger partial charge in [-0.2, -0.15) is 5.10 Å². The molecule has 2 unspecified atom stereocenters. The van der Waals surface area contributed by atoms with E-state index in [9.17, 15) is 0 Å². The number of nitrogens with zero attached hydrogens (tertiary/aromatic N) is 3. The molecule has 0 radical (unpaired) electrons. The summed E-state index contributed by atoms with van der Waals surface area (Å²) in [5.41, 5.74) is 10.2. The molecule has 4 nitrogen and oxygen atoms in total. The lowest BCUT2D eigenvalue weighted by atomic mass is 10.1. The molecule has 1 fully saturated rings. The summed E-state index contributed by atoms with van der Waals surface area (Å²) in [6, 6.07) is 0.330. The third kappa shape index (κ3) is 3.30. The smallest absolute Gasteiger partial charge is 0.0669 e. The van der Waals surface area contributed by atoms with Crippen molar-refractivity contribution < 1.29 is 0 Å². The zero-order valence-electron chi connectivity index (χ0n) is 12.5. The van der Waals surface area contributed by atoms with Gasteiger partial charge in [0, 0.05) is 44.0 Å². The second-order valence-corrected chi connectivity index (χ2v) is 5.54. The Labute approximate surface area is 122 Å². The predicted molar refractivity (Wildman–Crippen MR) is 81.6 cm³/mol. The van der Waals surface area contributed by atoms with Gasteiger partial charge in [-0.25, -0.2) is 0 Å². The van der Waals surface area contributed by atoms with Crippen LogP contribution in [0.4, 0.5) is 0 Å². The maximum Gasteiger partial charge on any atom is 0.0669 e. The summed E-state index contributed by atoms with van der Waals surface area (Å²) in [6.45, 7) is 9.78. The third-order valence-corrected chi connectivity index (χ3v) is 4.16. The fourth-order valence-corrected chi connectivity index (χ4v) is 3.02. The van der Waals surface area contributed by atoms with Crippen LogP contribution < -0.4 is 5.73 Å². The Morgan fingerprint density at radius 3 is 2.42 bits per heavy atom. The van der Waals surface area contributed by atoms with E-state index in [0.717, 1.165) is 32.5 Å². The zero-order chi connectivity index (χ0) is 13.3. The van der Waals surface area contributed by atoms with Gasteiger partial charge in [0.15, 0.2) is 0 Å². The molecule has 1 aliphatic heterocycles. The summed E-state index contributed by atoms with van der Waals surface area (Å²) in [6.07, 6.45) is 2.06. The summed E-state index contributed by atoms with van der Waals surface area (Å²) < 4.78 is 2.05. The van der Waals surface area contributed by atoms with E-state index in [1.54, 1.807) is 0 Å². The van der Waals surface area contributed by atoms with E-state index < -0.39 is 0 Å². The van der Waals surface area contributed by atoms with E-state index in [1.807, 2.05) is 4.68 Å². The Bertz CT molecular complexity index is 406. The number of nitrogens with two attached hydrogens (primary N) is 1. The monoisotopic (exact) mass is 286 g/mol. The van der Waals surface area contributed by atoms with Gasteiger partial charge < -0.3 is 5.73 Å². The molecule has 1 aromatic rings. The van der Waals surface area contributed by atoms with Crippen LogP contribution in [-0.2, 0) is 26.4 Å². The van der Waals surface area contributed by atoms with Gasteiger partial charge in [0.1, 0.15) is 0 Å². The van der Waals surface area contributed by atoms with E-state index in [2.05, 4.69) is 37.8 Å². The Hall–Kier alpha value is -0.580. The number of rotatable bonds is 4. The number of aryl methyl sites for hydroxylation is 2. The highest BCUT2D eigenvalue weighted by Gasteiger charge is 2.28. The van der Waals surface area contributed by atoms with Crippen LogP contribution in [0.15, 0.2) is 0 Å². The zero-order valence-corrected chi connectivity index (χ0v) is 13.3. The topological polar surface area (TPSA) is 47.1 Å². The first-order valence-electron chi connectivity index (χ1n) is 7.08.